The Morgan fingerprint density at radius 2 is 2.22 bits per heavy atom. The fourth-order valence-electron chi connectivity index (χ4n) is 3.04. The second-order valence-corrected chi connectivity index (χ2v) is 6.01. The van der Waals surface area contributed by atoms with E-state index in [4.69, 9.17) is 4.42 Å². The highest BCUT2D eigenvalue weighted by molar-refractivity contribution is 5.75. The van der Waals surface area contributed by atoms with E-state index in [0.29, 0.717) is 12.0 Å². The molecule has 1 saturated carbocycles. The molecule has 124 valence electrons. The second kappa shape index (κ2) is 5.50. The number of hydrogen-bond acceptors (Lipinski definition) is 4. The van der Waals surface area contributed by atoms with E-state index in [2.05, 4.69) is 9.97 Å². The molecule has 2 atom stereocenters. The Morgan fingerprint density at radius 3 is 2.83 bits per heavy atom. The molecule has 1 fully saturated rings. The summed E-state index contributed by atoms with van der Waals surface area (Å²) >= 11 is 0. The van der Waals surface area contributed by atoms with Gasteiger partial charge in [0, 0.05) is 18.9 Å². The molecule has 2 aromatic heterocycles. The molecule has 0 aromatic carbocycles. The molecule has 5 nitrogen and oxygen atoms in total. The predicted molar refractivity (Wildman–Crippen MR) is 76.4 cm³/mol. The van der Waals surface area contributed by atoms with Gasteiger partial charge in [-0.25, -0.2) is 18.0 Å². The Kier molecular flexibility index (Phi) is 3.77. The molecule has 0 aliphatic heterocycles. The van der Waals surface area contributed by atoms with Crippen molar-refractivity contribution >= 4 is 11.1 Å². The van der Waals surface area contributed by atoms with Crippen LogP contribution in [0.15, 0.2) is 20.1 Å². The van der Waals surface area contributed by atoms with E-state index in [1.54, 1.807) is 0 Å². The number of H-pyrrole nitrogens is 1. The average Bonchev–Trinajstić information content (AvgIpc) is 2.76. The molecule has 3 rings (SSSR count). The number of alkyl halides is 3. The van der Waals surface area contributed by atoms with Crippen LogP contribution >= 0.6 is 0 Å². The summed E-state index contributed by atoms with van der Waals surface area (Å²) in [6.45, 7) is 1.19. The number of halogens is 3. The first kappa shape index (κ1) is 15.8. The van der Waals surface area contributed by atoms with E-state index in [9.17, 15) is 22.8 Å². The van der Waals surface area contributed by atoms with Crippen molar-refractivity contribution in [3.63, 3.8) is 0 Å². The number of fused-ring (bicyclic) bond motifs is 1. The molecule has 0 spiro atoms. The maximum Gasteiger partial charge on any atom is 0.337 e. The zero-order chi connectivity index (χ0) is 16.8. The molecule has 0 saturated heterocycles. The minimum atomic E-state index is -2.71. The fourth-order valence-corrected chi connectivity index (χ4v) is 3.04. The van der Waals surface area contributed by atoms with Crippen LogP contribution in [0.25, 0.3) is 11.1 Å². The van der Waals surface area contributed by atoms with Crippen LogP contribution in [-0.4, -0.2) is 15.9 Å². The van der Waals surface area contributed by atoms with Crippen LogP contribution in [0.5, 0.6) is 0 Å². The Morgan fingerprint density at radius 1 is 1.48 bits per heavy atom. The van der Waals surface area contributed by atoms with Gasteiger partial charge in [0.2, 0.25) is 11.6 Å². The number of nitrogens with zero attached hydrogens (tertiary/aromatic N) is 1. The maximum atomic E-state index is 13.3. The predicted octanol–water partition coefficient (Wildman–Crippen LogP) is 2.88. The highest BCUT2D eigenvalue weighted by Crippen LogP contribution is 2.40. The lowest BCUT2D eigenvalue weighted by Crippen LogP contribution is -2.18. The van der Waals surface area contributed by atoms with Gasteiger partial charge < -0.3 is 9.40 Å². The lowest BCUT2D eigenvalue weighted by atomic mass is 9.97. The lowest BCUT2D eigenvalue weighted by Gasteiger charge is -2.11. The highest BCUT2D eigenvalue weighted by atomic mass is 19.3. The van der Waals surface area contributed by atoms with Crippen molar-refractivity contribution in [2.75, 3.05) is 0 Å². The summed E-state index contributed by atoms with van der Waals surface area (Å²) in [7, 11) is 0. The van der Waals surface area contributed by atoms with Crippen LogP contribution in [0.3, 0.4) is 0 Å². The summed E-state index contributed by atoms with van der Waals surface area (Å²) in [5, 5.41) is 0.0178. The molecule has 1 aliphatic rings. The smallest absolute Gasteiger partial charge is 0.337 e. The van der Waals surface area contributed by atoms with Crippen LogP contribution in [-0.2, 0) is 6.42 Å². The largest absolute Gasteiger partial charge is 0.403 e. The van der Waals surface area contributed by atoms with Crippen molar-refractivity contribution in [3.05, 3.63) is 38.2 Å². The van der Waals surface area contributed by atoms with Gasteiger partial charge in [-0.3, -0.25) is 4.79 Å². The Labute approximate surface area is 128 Å². The standard InChI is InChI=1S/C15H15F3N2O3/c1-7(16)12-19-13(22)11-9(5-10(21)23-14(11)20-12)4-8-2-3-15(17,18)6-8/h5,7-8H,2-4,6H2,1H3,(H,19,20,22)/t7?,8-/m1/s1. The van der Waals surface area contributed by atoms with E-state index >= 15 is 0 Å². The highest BCUT2D eigenvalue weighted by Gasteiger charge is 2.39. The lowest BCUT2D eigenvalue weighted by molar-refractivity contribution is 0.00509. The van der Waals surface area contributed by atoms with Crippen LogP contribution in [0.1, 0.15) is 43.7 Å². The summed E-state index contributed by atoms with van der Waals surface area (Å²) in [5.74, 6) is -3.27. The molecule has 2 aromatic rings. The SMILES string of the molecule is CC(F)c1nc2oc(=O)cc(C[C@H]3CCC(F)(F)C3)c2c(=O)[nH]1. The van der Waals surface area contributed by atoms with Crippen LogP contribution < -0.4 is 11.2 Å². The van der Waals surface area contributed by atoms with Crippen molar-refractivity contribution in [2.24, 2.45) is 5.92 Å². The third kappa shape index (κ3) is 3.16. The molecule has 0 radical (unpaired) electrons. The summed E-state index contributed by atoms with van der Waals surface area (Å²) in [6, 6.07) is 1.12. The van der Waals surface area contributed by atoms with Crippen molar-refractivity contribution < 1.29 is 17.6 Å². The van der Waals surface area contributed by atoms with E-state index in [1.165, 1.54) is 6.92 Å². The zero-order valence-corrected chi connectivity index (χ0v) is 12.4. The van der Waals surface area contributed by atoms with Crippen molar-refractivity contribution in [1.29, 1.82) is 0 Å². The third-order valence-electron chi connectivity index (χ3n) is 4.11. The van der Waals surface area contributed by atoms with E-state index < -0.39 is 23.3 Å². The Bertz CT molecular complexity index is 857. The number of nitrogens with one attached hydrogen (secondary N) is 1. The molecule has 0 amide bonds. The second-order valence-electron chi connectivity index (χ2n) is 6.01. The minimum absolute atomic E-state index is 0.0178. The normalized spacial score (nSPS) is 21.7. The van der Waals surface area contributed by atoms with Gasteiger partial charge >= 0.3 is 5.63 Å². The van der Waals surface area contributed by atoms with Crippen molar-refractivity contribution in [2.45, 2.75) is 44.7 Å². The molecule has 1 aliphatic carbocycles. The topological polar surface area (TPSA) is 76.0 Å². The molecule has 23 heavy (non-hydrogen) atoms. The van der Waals surface area contributed by atoms with Crippen LogP contribution in [0.2, 0.25) is 0 Å². The summed E-state index contributed by atoms with van der Waals surface area (Å²) in [6.07, 6.45) is -1.53. The quantitative estimate of drug-likeness (QED) is 0.940. The van der Waals surface area contributed by atoms with Crippen LogP contribution in [0.4, 0.5) is 13.2 Å². The van der Waals surface area contributed by atoms with Crippen LogP contribution in [0, 0.1) is 5.92 Å². The van der Waals surface area contributed by atoms with Gasteiger partial charge in [0.05, 0.1) is 0 Å². The molecule has 1 unspecified atom stereocenters. The summed E-state index contributed by atoms with van der Waals surface area (Å²) in [4.78, 5) is 29.9. The van der Waals surface area contributed by atoms with Gasteiger partial charge in [-0.1, -0.05) is 0 Å². The summed E-state index contributed by atoms with van der Waals surface area (Å²) in [5.41, 5.74) is -1.34. The minimum Gasteiger partial charge on any atom is -0.403 e. The van der Waals surface area contributed by atoms with Gasteiger partial charge in [0.25, 0.3) is 5.56 Å². The number of rotatable bonds is 3. The zero-order valence-electron chi connectivity index (χ0n) is 12.4. The average molecular weight is 328 g/mol. The van der Waals surface area contributed by atoms with Gasteiger partial charge in [0.1, 0.15) is 11.2 Å². The number of aromatic amines is 1. The maximum absolute atomic E-state index is 13.3. The van der Waals surface area contributed by atoms with E-state index in [-0.39, 0.29) is 42.1 Å². The fraction of sp³-hybridized carbons (Fsp3) is 0.533. The van der Waals surface area contributed by atoms with E-state index in [1.807, 2.05) is 0 Å². The first-order valence-electron chi connectivity index (χ1n) is 7.34. The van der Waals surface area contributed by atoms with E-state index in [0.717, 1.165) is 6.07 Å². The molecule has 8 heteroatoms. The Balaban J connectivity index is 2.07. The first-order chi connectivity index (χ1) is 10.7. The van der Waals surface area contributed by atoms with Gasteiger partial charge in [-0.2, -0.15) is 4.98 Å². The van der Waals surface area contributed by atoms with Gasteiger partial charge in [0.15, 0.2) is 6.17 Å². The summed E-state index contributed by atoms with van der Waals surface area (Å²) < 4.78 is 44.8. The van der Waals surface area contributed by atoms with Crippen molar-refractivity contribution in [1.82, 2.24) is 9.97 Å². The number of hydrogen-bond donors (Lipinski definition) is 1. The number of aromatic nitrogens is 2. The van der Waals surface area contributed by atoms with Gasteiger partial charge in [-0.05, 0) is 31.2 Å². The van der Waals surface area contributed by atoms with Crippen molar-refractivity contribution in [3.8, 4) is 0 Å². The third-order valence-corrected chi connectivity index (χ3v) is 4.11. The molecular formula is C15H15F3N2O3. The first-order valence-corrected chi connectivity index (χ1v) is 7.34. The molecule has 1 N–H and O–H groups in total. The monoisotopic (exact) mass is 328 g/mol. The van der Waals surface area contributed by atoms with Gasteiger partial charge in [-0.15, -0.1) is 0 Å². The molecular weight excluding hydrogens is 313 g/mol. The molecule has 0 bridgehead atoms. The Hall–Kier alpha value is -2.12. The molecule has 2 heterocycles.